The van der Waals surface area contributed by atoms with E-state index in [9.17, 15) is 4.79 Å². The molecule has 0 bridgehead atoms. The Balaban J connectivity index is 1.94. The Labute approximate surface area is 134 Å². The van der Waals surface area contributed by atoms with Crippen LogP contribution in [0.1, 0.15) is 5.56 Å². The van der Waals surface area contributed by atoms with Gasteiger partial charge in [-0.2, -0.15) is 0 Å². The van der Waals surface area contributed by atoms with Gasteiger partial charge in [0.1, 0.15) is 17.9 Å². The topological polar surface area (TPSA) is 39.4 Å². The number of rotatable bonds is 3. The van der Waals surface area contributed by atoms with Crippen LogP contribution in [0.25, 0.3) is 11.0 Å². The minimum atomic E-state index is -0.403. The van der Waals surface area contributed by atoms with Gasteiger partial charge in [0.15, 0.2) is 0 Å². The Morgan fingerprint density at radius 2 is 1.86 bits per heavy atom. The maximum atomic E-state index is 11.6. The highest BCUT2D eigenvalue weighted by Gasteiger charge is 2.07. The second-order valence-electron chi connectivity index (χ2n) is 4.47. The quantitative estimate of drug-likeness (QED) is 0.627. The molecule has 0 saturated carbocycles. The molecule has 0 aliphatic heterocycles. The Bertz CT molecular complexity index is 840. The molecule has 1 aromatic heterocycles. The number of halogens is 2. The van der Waals surface area contributed by atoms with Crippen LogP contribution in [0.15, 0.2) is 62.2 Å². The van der Waals surface area contributed by atoms with E-state index in [0.717, 1.165) is 21.2 Å². The molecule has 0 N–H and O–H groups in total. The summed E-state index contributed by atoms with van der Waals surface area (Å²) in [5, 5.41) is 1.36. The lowest BCUT2D eigenvalue weighted by Gasteiger charge is -2.08. The number of benzene rings is 2. The van der Waals surface area contributed by atoms with Crippen LogP contribution in [-0.2, 0) is 6.61 Å². The first-order valence-electron chi connectivity index (χ1n) is 6.22. The third-order valence-corrected chi connectivity index (χ3v) is 3.76. The van der Waals surface area contributed by atoms with Crippen LogP contribution in [0.4, 0.5) is 0 Å². The first-order valence-corrected chi connectivity index (χ1v) is 7.39. The zero-order valence-electron chi connectivity index (χ0n) is 10.8. The molecule has 106 valence electrons. The molecule has 0 unspecified atom stereocenters. The SMILES string of the molecule is O=c1cc(COc2ccc(Br)cc2)c2cc(Cl)ccc2o1. The maximum Gasteiger partial charge on any atom is 0.336 e. The van der Waals surface area contributed by atoms with Crippen molar-refractivity contribution in [3.63, 3.8) is 0 Å². The summed E-state index contributed by atoms with van der Waals surface area (Å²) in [7, 11) is 0. The summed E-state index contributed by atoms with van der Waals surface area (Å²) >= 11 is 9.37. The van der Waals surface area contributed by atoms with E-state index >= 15 is 0 Å². The lowest BCUT2D eigenvalue weighted by atomic mass is 10.1. The van der Waals surface area contributed by atoms with Gasteiger partial charge < -0.3 is 9.15 Å². The Hall–Kier alpha value is -1.78. The third-order valence-electron chi connectivity index (χ3n) is 3.00. The molecule has 0 saturated heterocycles. The van der Waals surface area contributed by atoms with E-state index in [2.05, 4.69) is 15.9 Å². The van der Waals surface area contributed by atoms with E-state index in [1.165, 1.54) is 6.07 Å². The molecule has 0 atom stereocenters. The van der Waals surface area contributed by atoms with Crippen molar-refractivity contribution in [3.8, 4) is 5.75 Å². The van der Waals surface area contributed by atoms with Crippen LogP contribution in [-0.4, -0.2) is 0 Å². The van der Waals surface area contributed by atoms with Crippen molar-refractivity contribution in [1.29, 1.82) is 0 Å². The predicted octanol–water partition coefficient (Wildman–Crippen LogP) is 4.79. The number of hydrogen-bond acceptors (Lipinski definition) is 3. The largest absolute Gasteiger partial charge is 0.489 e. The first kappa shape index (κ1) is 14.2. The average molecular weight is 366 g/mol. The van der Waals surface area contributed by atoms with Crippen molar-refractivity contribution < 1.29 is 9.15 Å². The summed E-state index contributed by atoms with van der Waals surface area (Å²) in [6.45, 7) is 0.268. The zero-order valence-corrected chi connectivity index (χ0v) is 13.1. The van der Waals surface area contributed by atoms with Gasteiger partial charge in [-0.3, -0.25) is 0 Å². The molecule has 5 heteroatoms. The highest BCUT2D eigenvalue weighted by Crippen LogP contribution is 2.23. The fourth-order valence-electron chi connectivity index (χ4n) is 2.01. The van der Waals surface area contributed by atoms with Crippen molar-refractivity contribution in [2.75, 3.05) is 0 Å². The van der Waals surface area contributed by atoms with Crippen LogP contribution in [0.3, 0.4) is 0 Å². The maximum absolute atomic E-state index is 11.6. The fraction of sp³-hybridized carbons (Fsp3) is 0.0625. The Morgan fingerprint density at radius 1 is 1.10 bits per heavy atom. The number of fused-ring (bicyclic) bond motifs is 1. The normalized spacial score (nSPS) is 10.8. The molecule has 1 heterocycles. The lowest BCUT2D eigenvalue weighted by Crippen LogP contribution is -2.04. The summed E-state index contributed by atoms with van der Waals surface area (Å²) in [5.74, 6) is 0.724. The molecule has 0 amide bonds. The van der Waals surface area contributed by atoms with Crippen molar-refractivity contribution in [3.05, 3.63) is 74.0 Å². The van der Waals surface area contributed by atoms with E-state index in [1.54, 1.807) is 18.2 Å². The van der Waals surface area contributed by atoms with Crippen molar-refractivity contribution in [2.45, 2.75) is 6.61 Å². The molecule has 0 aliphatic carbocycles. The van der Waals surface area contributed by atoms with E-state index in [0.29, 0.717) is 10.6 Å². The molecule has 0 fully saturated rings. The van der Waals surface area contributed by atoms with Gasteiger partial charge in [-0.15, -0.1) is 0 Å². The monoisotopic (exact) mass is 364 g/mol. The molecule has 3 nitrogen and oxygen atoms in total. The molecular weight excluding hydrogens is 356 g/mol. The molecule has 3 rings (SSSR count). The van der Waals surface area contributed by atoms with Gasteiger partial charge in [-0.1, -0.05) is 27.5 Å². The molecule has 3 aromatic rings. The van der Waals surface area contributed by atoms with Gasteiger partial charge >= 0.3 is 5.63 Å². The Kier molecular flexibility index (Phi) is 3.99. The number of hydrogen-bond donors (Lipinski definition) is 0. The molecule has 0 spiro atoms. The van der Waals surface area contributed by atoms with Gasteiger partial charge in [-0.25, -0.2) is 4.79 Å². The zero-order chi connectivity index (χ0) is 14.8. The summed E-state index contributed by atoms with van der Waals surface area (Å²) in [6.07, 6.45) is 0. The van der Waals surface area contributed by atoms with E-state index < -0.39 is 5.63 Å². The standard InChI is InChI=1S/C16H10BrClO3/c17-11-1-4-13(5-2-11)20-9-10-7-16(19)21-15-6-3-12(18)8-14(10)15/h1-8H,9H2. The van der Waals surface area contributed by atoms with Crippen molar-refractivity contribution in [1.82, 2.24) is 0 Å². The van der Waals surface area contributed by atoms with E-state index in [-0.39, 0.29) is 6.61 Å². The van der Waals surface area contributed by atoms with Gasteiger partial charge in [0.05, 0.1) is 0 Å². The van der Waals surface area contributed by atoms with Crippen LogP contribution in [0.2, 0.25) is 5.02 Å². The minimum Gasteiger partial charge on any atom is -0.489 e. The third kappa shape index (κ3) is 3.28. The van der Waals surface area contributed by atoms with Crippen LogP contribution >= 0.6 is 27.5 Å². The number of ether oxygens (including phenoxy) is 1. The van der Waals surface area contributed by atoms with E-state index in [1.807, 2.05) is 24.3 Å². The molecule has 21 heavy (non-hydrogen) atoms. The molecule has 2 aromatic carbocycles. The first-order chi connectivity index (χ1) is 10.1. The summed E-state index contributed by atoms with van der Waals surface area (Å²) < 4.78 is 11.8. The molecular formula is C16H10BrClO3. The summed E-state index contributed by atoms with van der Waals surface area (Å²) in [6, 6.07) is 14.1. The highest BCUT2D eigenvalue weighted by molar-refractivity contribution is 9.10. The fourth-order valence-corrected chi connectivity index (χ4v) is 2.45. The van der Waals surface area contributed by atoms with Gasteiger partial charge in [-0.05, 0) is 42.5 Å². The smallest absolute Gasteiger partial charge is 0.336 e. The van der Waals surface area contributed by atoms with Gasteiger partial charge in [0, 0.05) is 26.5 Å². The predicted molar refractivity (Wildman–Crippen MR) is 86.0 cm³/mol. The average Bonchev–Trinajstić information content (AvgIpc) is 2.47. The van der Waals surface area contributed by atoms with Gasteiger partial charge in [0.25, 0.3) is 0 Å². The van der Waals surface area contributed by atoms with Crippen LogP contribution in [0.5, 0.6) is 5.75 Å². The second kappa shape index (κ2) is 5.92. The molecule has 0 aliphatic rings. The van der Waals surface area contributed by atoms with Crippen molar-refractivity contribution in [2.24, 2.45) is 0 Å². The van der Waals surface area contributed by atoms with Gasteiger partial charge in [0.2, 0.25) is 0 Å². The second-order valence-corrected chi connectivity index (χ2v) is 5.83. The summed E-state index contributed by atoms with van der Waals surface area (Å²) in [5.41, 5.74) is 0.840. The van der Waals surface area contributed by atoms with Crippen molar-refractivity contribution >= 4 is 38.5 Å². The minimum absolute atomic E-state index is 0.268. The Morgan fingerprint density at radius 3 is 2.62 bits per heavy atom. The highest BCUT2D eigenvalue weighted by atomic mass is 79.9. The lowest BCUT2D eigenvalue weighted by molar-refractivity contribution is 0.306. The van der Waals surface area contributed by atoms with Crippen LogP contribution < -0.4 is 10.4 Å². The van der Waals surface area contributed by atoms with Crippen LogP contribution in [0, 0.1) is 0 Å². The van der Waals surface area contributed by atoms with E-state index in [4.69, 9.17) is 20.8 Å². The summed E-state index contributed by atoms with van der Waals surface area (Å²) in [4.78, 5) is 11.6. The molecule has 0 radical (unpaired) electrons.